The maximum Gasteiger partial charge on any atom is 0.228 e. The first kappa shape index (κ1) is 18.0. The lowest BCUT2D eigenvalue weighted by Crippen LogP contribution is -2.32. The highest BCUT2D eigenvalue weighted by atomic mass is 35.5. The average molecular weight is 345 g/mol. The fraction of sp³-hybridized carbons (Fsp3) is 0.263. The van der Waals surface area contributed by atoms with Gasteiger partial charge in [-0.2, -0.15) is 0 Å². The van der Waals surface area contributed by atoms with Crippen LogP contribution in [0.3, 0.4) is 0 Å². The van der Waals surface area contributed by atoms with Crippen molar-refractivity contribution in [3.05, 3.63) is 64.2 Å². The van der Waals surface area contributed by atoms with Gasteiger partial charge in [0, 0.05) is 22.6 Å². The van der Waals surface area contributed by atoms with Crippen LogP contribution in [0.4, 0.5) is 5.69 Å². The number of rotatable bonds is 6. The number of aliphatic carboxylic acids is 1. The predicted molar refractivity (Wildman–Crippen MR) is 92.8 cm³/mol. The zero-order valence-corrected chi connectivity index (χ0v) is 14.4. The first-order valence-electron chi connectivity index (χ1n) is 7.68. The fourth-order valence-electron chi connectivity index (χ4n) is 2.56. The second-order valence-electron chi connectivity index (χ2n) is 5.87. The standard InChI is InChI=1S/C19H20ClNO3/c1-12-5-3-6-14(9-12)10-15(11-18(22)23)19(24)21-17-8-4-7-16(20)13(17)2/h3-9,15H,10-11H2,1-2H3,(H,21,24)(H,22,23)/p-1/t15-/m0/s1. The lowest BCUT2D eigenvalue weighted by atomic mass is 9.94. The molecule has 1 N–H and O–H groups in total. The smallest absolute Gasteiger partial charge is 0.228 e. The van der Waals surface area contributed by atoms with Gasteiger partial charge in [0.2, 0.25) is 5.91 Å². The highest BCUT2D eigenvalue weighted by Gasteiger charge is 2.20. The van der Waals surface area contributed by atoms with E-state index in [9.17, 15) is 14.7 Å². The normalized spacial score (nSPS) is 11.8. The summed E-state index contributed by atoms with van der Waals surface area (Å²) in [6.07, 6.45) is 0.000491. The molecule has 0 aromatic heterocycles. The van der Waals surface area contributed by atoms with Gasteiger partial charge in [-0.3, -0.25) is 4.79 Å². The van der Waals surface area contributed by atoms with Crippen LogP contribution in [0.2, 0.25) is 5.02 Å². The van der Waals surface area contributed by atoms with E-state index < -0.39 is 11.9 Å². The van der Waals surface area contributed by atoms with Gasteiger partial charge in [0.25, 0.3) is 0 Å². The third-order valence-electron chi connectivity index (χ3n) is 3.87. The van der Waals surface area contributed by atoms with Crippen molar-refractivity contribution >= 4 is 29.2 Å². The van der Waals surface area contributed by atoms with Crippen molar-refractivity contribution in [2.45, 2.75) is 26.7 Å². The Morgan fingerprint density at radius 1 is 1.17 bits per heavy atom. The number of nitrogens with one attached hydrogen (secondary N) is 1. The number of benzene rings is 2. The van der Waals surface area contributed by atoms with Gasteiger partial charge in [0.1, 0.15) is 0 Å². The van der Waals surface area contributed by atoms with Crippen LogP contribution in [-0.2, 0) is 16.0 Å². The van der Waals surface area contributed by atoms with Gasteiger partial charge in [-0.15, -0.1) is 0 Å². The van der Waals surface area contributed by atoms with Crippen LogP contribution in [0.15, 0.2) is 42.5 Å². The van der Waals surface area contributed by atoms with Gasteiger partial charge in [-0.25, -0.2) is 0 Å². The Labute approximate surface area is 146 Å². The highest BCUT2D eigenvalue weighted by Crippen LogP contribution is 2.24. The quantitative estimate of drug-likeness (QED) is 0.876. The summed E-state index contributed by atoms with van der Waals surface area (Å²) in [5.41, 5.74) is 3.31. The van der Waals surface area contributed by atoms with Crippen LogP contribution < -0.4 is 10.4 Å². The van der Waals surface area contributed by atoms with E-state index in [4.69, 9.17) is 11.6 Å². The maximum atomic E-state index is 12.6. The minimum atomic E-state index is -1.24. The molecule has 0 spiro atoms. The molecule has 24 heavy (non-hydrogen) atoms. The third-order valence-corrected chi connectivity index (χ3v) is 4.28. The van der Waals surface area contributed by atoms with Crippen molar-refractivity contribution in [2.75, 3.05) is 5.32 Å². The van der Waals surface area contributed by atoms with Crippen molar-refractivity contribution in [3.8, 4) is 0 Å². The van der Waals surface area contributed by atoms with Crippen LogP contribution in [-0.4, -0.2) is 11.9 Å². The summed E-state index contributed by atoms with van der Waals surface area (Å²) in [4.78, 5) is 23.6. The van der Waals surface area contributed by atoms with E-state index in [1.807, 2.05) is 31.2 Å². The lowest BCUT2D eigenvalue weighted by Gasteiger charge is -2.19. The molecule has 4 nitrogen and oxygen atoms in total. The maximum absolute atomic E-state index is 12.6. The van der Waals surface area contributed by atoms with Crippen LogP contribution in [0, 0.1) is 19.8 Å². The number of carbonyl (C=O) groups excluding carboxylic acids is 2. The van der Waals surface area contributed by atoms with E-state index in [1.165, 1.54) is 0 Å². The van der Waals surface area contributed by atoms with Gasteiger partial charge in [-0.1, -0.05) is 47.5 Å². The van der Waals surface area contributed by atoms with E-state index in [2.05, 4.69) is 5.32 Å². The molecule has 0 aliphatic rings. The molecule has 1 amide bonds. The Morgan fingerprint density at radius 3 is 2.54 bits per heavy atom. The molecule has 0 saturated carbocycles. The molecule has 0 bridgehead atoms. The molecule has 2 aromatic rings. The Kier molecular flexibility index (Phi) is 5.99. The van der Waals surface area contributed by atoms with Crippen molar-refractivity contribution in [2.24, 2.45) is 5.92 Å². The summed E-state index contributed by atoms with van der Waals surface area (Å²) in [5.74, 6) is -2.31. The summed E-state index contributed by atoms with van der Waals surface area (Å²) in [7, 11) is 0. The van der Waals surface area contributed by atoms with Crippen LogP contribution in [0.25, 0.3) is 0 Å². The Bertz CT molecular complexity index is 758. The topological polar surface area (TPSA) is 69.2 Å². The number of aryl methyl sites for hydroxylation is 1. The number of carbonyl (C=O) groups is 2. The molecule has 1 atom stereocenters. The molecule has 0 heterocycles. The second-order valence-corrected chi connectivity index (χ2v) is 6.28. The average Bonchev–Trinajstić information content (AvgIpc) is 2.51. The van der Waals surface area contributed by atoms with Crippen LogP contribution >= 0.6 is 11.6 Å². The summed E-state index contributed by atoms with van der Waals surface area (Å²) >= 11 is 6.05. The fourth-order valence-corrected chi connectivity index (χ4v) is 2.73. The molecule has 2 rings (SSSR count). The second kappa shape index (κ2) is 7.97. The number of hydrogen-bond donors (Lipinski definition) is 1. The highest BCUT2D eigenvalue weighted by molar-refractivity contribution is 6.31. The molecular formula is C19H19ClNO3-. The molecular weight excluding hydrogens is 326 g/mol. The molecule has 0 saturated heterocycles. The van der Waals surface area contributed by atoms with Gasteiger partial charge < -0.3 is 15.2 Å². The van der Waals surface area contributed by atoms with Gasteiger partial charge >= 0.3 is 0 Å². The summed E-state index contributed by atoms with van der Waals surface area (Å²) in [6.45, 7) is 3.75. The molecule has 5 heteroatoms. The van der Waals surface area contributed by atoms with E-state index in [1.54, 1.807) is 25.1 Å². The Balaban J connectivity index is 2.18. The van der Waals surface area contributed by atoms with Crippen molar-refractivity contribution in [1.29, 1.82) is 0 Å². The van der Waals surface area contributed by atoms with Crippen molar-refractivity contribution < 1.29 is 14.7 Å². The number of anilines is 1. The Morgan fingerprint density at radius 2 is 1.88 bits per heavy atom. The molecule has 0 radical (unpaired) electrons. The molecule has 0 aliphatic heterocycles. The van der Waals surface area contributed by atoms with E-state index in [-0.39, 0.29) is 12.3 Å². The van der Waals surface area contributed by atoms with Gasteiger partial charge in [-0.05, 0) is 49.9 Å². The molecule has 0 aliphatic carbocycles. The zero-order chi connectivity index (χ0) is 17.7. The first-order valence-corrected chi connectivity index (χ1v) is 8.06. The summed E-state index contributed by atoms with van der Waals surface area (Å²) in [6, 6.07) is 12.9. The monoisotopic (exact) mass is 344 g/mol. The summed E-state index contributed by atoms with van der Waals surface area (Å²) < 4.78 is 0. The molecule has 0 unspecified atom stereocenters. The van der Waals surface area contributed by atoms with E-state index in [0.29, 0.717) is 17.1 Å². The number of carboxylic acids is 1. The zero-order valence-electron chi connectivity index (χ0n) is 13.6. The summed E-state index contributed by atoms with van der Waals surface area (Å²) in [5, 5.41) is 14.4. The largest absolute Gasteiger partial charge is 0.550 e. The SMILES string of the molecule is Cc1cccc(C[C@@H](CC(=O)[O-])C(=O)Nc2cccc(Cl)c2C)c1. The van der Waals surface area contributed by atoms with E-state index >= 15 is 0 Å². The van der Waals surface area contributed by atoms with Gasteiger partial charge in [0.15, 0.2) is 0 Å². The van der Waals surface area contributed by atoms with Crippen molar-refractivity contribution in [1.82, 2.24) is 0 Å². The van der Waals surface area contributed by atoms with Gasteiger partial charge in [0.05, 0.1) is 0 Å². The number of carboxylic acid groups (broad SMARTS) is 1. The number of halogens is 1. The number of amides is 1. The predicted octanol–water partition coefficient (Wildman–Crippen LogP) is 2.89. The van der Waals surface area contributed by atoms with Crippen molar-refractivity contribution in [3.63, 3.8) is 0 Å². The molecule has 0 fully saturated rings. The minimum absolute atomic E-state index is 0.334. The first-order chi connectivity index (χ1) is 11.4. The van der Waals surface area contributed by atoms with E-state index in [0.717, 1.165) is 16.7 Å². The van der Waals surface area contributed by atoms with Crippen LogP contribution in [0.1, 0.15) is 23.1 Å². The molecule has 2 aromatic carbocycles. The number of hydrogen-bond acceptors (Lipinski definition) is 3. The minimum Gasteiger partial charge on any atom is -0.550 e. The van der Waals surface area contributed by atoms with Crippen LogP contribution in [0.5, 0.6) is 0 Å². The molecule has 126 valence electrons. The Hall–Kier alpha value is -2.33. The third kappa shape index (κ3) is 4.83. The lowest BCUT2D eigenvalue weighted by molar-refractivity contribution is -0.306.